The van der Waals surface area contributed by atoms with Gasteiger partial charge in [-0.1, -0.05) is 30.3 Å². The van der Waals surface area contributed by atoms with Crippen LogP contribution in [-0.2, 0) is 11.2 Å². The zero-order valence-electron chi connectivity index (χ0n) is 13.1. The van der Waals surface area contributed by atoms with E-state index in [1.54, 1.807) is 6.26 Å². The van der Waals surface area contributed by atoms with Gasteiger partial charge in [0.1, 0.15) is 11.6 Å². The van der Waals surface area contributed by atoms with Gasteiger partial charge in [0, 0.05) is 19.4 Å². The van der Waals surface area contributed by atoms with E-state index in [1.807, 2.05) is 42.5 Å². The summed E-state index contributed by atoms with van der Waals surface area (Å²) in [5.41, 5.74) is 6.49. The summed E-state index contributed by atoms with van der Waals surface area (Å²) in [5, 5.41) is 9.36. The highest BCUT2D eigenvalue weighted by Crippen LogP contribution is 2.28. The number of anilines is 1. The average Bonchev–Trinajstić information content (AvgIpc) is 3.25. The second-order valence-corrected chi connectivity index (χ2v) is 5.42. The maximum Gasteiger partial charge on any atom is 0.239 e. The fraction of sp³-hybridized carbons (Fsp3) is 0.235. The molecule has 1 amide bonds. The number of carbonyl (C=O) groups is 1. The van der Waals surface area contributed by atoms with Gasteiger partial charge in [-0.2, -0.15) is 4.98 Å². The Bertz CT molecular complexity index is 767. The standard InChI is InChI=1S/C17H19N5O2/c18-17-20-15(21-22-17)8-9-19-16(23)11-13(14-7-4-10-24-14)12-5-2-1-3-6-12/h1-7,10,13H,8-9,11H2,(H,19,23)(H3,18,20,21,22). The second kappa shape index (κ2) is 7.45. The minimum absolute atomic E-state index is 0.0484. The van der Waals surface area contributed by atoms with E-state index >= 15 is 0 Å². The molecule has 2 heterocycles. The molecule has 0 saturated carbocycles. The summed E-state index contributed by atoms with van der Waals surface area (Å²) in [7, 11) is 0. The van der Waals surface area contributed by atoms with E-state index in [9.17, 15) is 4.79 Å². The van der Waals surface area contributed by atoms with Crippen LogP contribution in [0.1, 0.15) is 29.5 Å². The summed E-state index contributed by atoms with van der Waals surface area (Å²) in [5.74, 6) is 1.48. The molecule has 3 aromatic rings. The molecular weight excluding hydrogens is 306 g/mol. The van der Waals surface area contributed by atoms with Crippen molar-refractivity contribution in [2.45, 2.75) is 18.8 Å². The maximum absolute atomic E-state index is 12.3. The molecule has 7 heteroatoms. The number of furan rings is 1. The molecule has 0 bridgehead atoms. The number of nitrogens with one attached hydrogen (secondary N) is 2. The molecule has 0 aliphatic rings. The molecule has 0 spiro atoms. The van der Waals surface area contributed by atoms with Crippen LogP contribution in [0.25, 0.3) is 0 Å². The molecule has 7 nitrogen and oxygen atoms in total. The molecule has 1 aromatic carbocycles. The topological polar surface area (TPSA) is 110 Å². The molecule has 1 unspecified atom stereocenters. The molecule has 0 fully saturated rings. The first-order valence-electron chi connectivity index (χ1n) is 7.74. The first kappa shape index (κ1) is 15.8. The Kier molecular flexibility index (Phi) is 4.90. The number of nitrogen functional groups attached to an aromatic ring is 1. The molecule has 3 rings (SSSR count). The van der Waals surface area contributed by atoms with Crippen LogP contribution in [0.3, 0.4) is 0 Å². The highest BCUT2D eigenvalue weighted by molar-refractivity contribution is 5.77. The minimum atomic E-state index is -0.109. The molecule has 24 heavy (non-hydrogen) atoms. The number of H-pyrrole nitrogens is 1. The van der Waals surface area contributed by atoms with Crippen molar-refractivity contribution in [3.05, 3.63) is 65.9 Å². The number of carbonyl (C=O) groups excluding carboxylic acids is 1. The van der Waals surface area contributed by atoms with Crippen molar-refractivity contribution in [3.8, 4) is 0 Å². The molecule has 0 aliphatic carbocycles. The Hall–Kier alpha value is -3.09. The molecular formula is C17H19N5O2. The fourth-order valence-corrected chi connectivity index (χ4v) is 2.56. The SMILES string of the molecule is Nc1n[nH]c(CCNC(=O)CC(c2ccccc2)c2ccco2)n1. The Labute approximate surface area is 139 Å². The summed E-state index contributed by atoms with van der Waals surface area (Å²) < 4.78 is 5.51. The van der Waals surface area contributed by atoms with Crippen molar-refractivity contribution in [3.63, 3.8) is 0 Å². The Morgan fingerprint density at radius 2 is 2.08 bits per heavy atom. The molecule has 0 saturated heterocycles. The molecule has 4 N–H and O–H groups in total. The van der Waals surface area contributed by atoms with E-state index in [4.69, 9.17) is 10.2 Å². The fourth-order valence-electron chi connectivity index (χ4n) is 2.56. The largest absolute Gasteiger partial charge is 0.469 e. The summed E-state index contributed by atoms with van der Waals surface area (Å²) in [4.78, 5) is 16.3. The highest BCUT2D eigenvalue weighted by Gasteiger charge is 2.20. The predicted molar refractivity (Wildman–Crippen MR) is 89.1 cm³/mol. The van der Waals surface area contributed by atoms with Crippen LogP contribution < -0.4 is 11.1 Å². The van der Waals surface area contributed by atoms with E-state index in [0.717, 1.165) is 11.3 Å². The maximum atomic E-state index is 12.3. The average molecular weight is 325 g/mol. The number of benzene rings is 1. The molecule has 1 atom stereocenters. The van der Waals surface area contributed by atoms with Gasteiger partial charge < -0.3 is 15.5 Å². The van der Waals surface area contributed by atoms with Crippen LogP contribution in [-0.4, -0.2) is 27.6 Å². The van der Waals surface area contributed by atoms with Gasteiger partial charge >= 0.3 is 0 Å². The summed E-state index contributed by atoms with van der Waals surface area (Å²) >= 11 is 0. The summed E-state index contributed by atoms with van der Waals surface area (Å²) in [6.45, 7) is 0.465. The van der Waals surface area contributed by atoms with E-state index in [-0.39, 0.29) is 17.8 Å². The summed E-state index contributed by atoms with van der Waals surface area (Å²) in [6, 6.07) is 13.6. The lowest BCUT2D eigenvalue weighted by molar-refractivity contribution is -0.121. The van der Waals surface area contributed by atoms with Gasteiger partial charge in [-0.25, -0.2) is 0 Å². The lowest BCUT2D eigenvalue weighted by atomic mass is 9.93. The minimum Gasteiger partial charge on any atom is -0.469 e. The third kappa shape index (κ3) is 4.01. The van der Waals surface area contributed by atoms with Crippen molar-refractivity contribution < 1.29 is 9.21 Å². The third-order valence-electron chi connectivity index (χ3n) is 3.71. The number of amides is 1. The monoisotopic (exact) mass is 325 g/mol. The number of aromatic nitrogens is 3. The molecule has 0 aliphatic heterocycles. The van der Waals surface area contributed by atoms with Gasteiger partial charge in [0.2, 0.25) is 11.9 Å². The molecule has 2 aromatic heterocycles. The molecule has 0 radical (unpaired) electrons. The van der Waals surface area contributed by atoms with Crippen molar-refractivity contribution in [2.75, 3.05) is 12.3 Å². The van der Waals surface area contributed by atoms with Crippen LogP contribution in [0.4, 0.5) is 5.95 Å². The normalized spacial score (nSPS) is 12.0. The van der Waals surface area contributed by atoms with Crippen LogP contribution in [0.2, 0.25) is 0 Å². The van der Waals surface area contributed by atoms with Gasteiger partial charge in [-0.05, 0) is 17.7 Å². The van der Waals surface area contributed by atoms with E-state index in [0.29, 0.717) is 25.2 Å². The van der Waals surface area contributed by atoms with Gasteiger partial charge in [-0.3, -0.25) is 9.89 Å². The van der Waals surface area contributed by atoms with E-state index in [1.165, 1.54) is 0 Å². The lowest BCUT2D eigenvalue weighted by Gasteiger charge is -2.15. The van der Waals surface area contributed by atoms with Crippen molar-refractivity contribution in [1.29, 1.82) is 0 Å². The van der Waals surface area contributed by atoms with E-state index < -0.39 is 0 Å². The number of nitrogens with two attached hydrogens (primary N) is 1. The number of hydrogen-bond acceptors (Lipinski definition) is 5. The van der Waals surface area contributed by atoms with Gasteiger partial charge in [0.15, 0.2) is 0 Å². The van der Waals surface area contributed by atoms with Crippen LogP contribution >= 0.6 is 0 Å². The zero-order valence-corrected chi connectivity index (χ0v) is 13.1. The number of aromatic amines is 1. The Morgan fingerprint density at radius 1 is 1.25 bits per heavy atom. The van der Waals surface area contributed by atoms with Crippen molar-refractivity contribution in [1.82, 2.24) is 20.5 Å². The van der Waals surface area contributed by atoms with Crippen LogP contribution in [0.5, 0.6) is 0 Å². The Morgan fingerprint density at radius 3 is 2.75 bits per heavy atom. The number of nitrogens with zero attached hydrogens (tertiary/aromatic N) is 2. The van der Waals surface area contributed by atoms with Crippen LogP contribution in [0.15, 0.2) is 53.1 Å². The smallest absolute Gasteiger partial charge is 0.239 e. The van der Waals surface area contributed by atoms with Crippen molar-refractivity contribution in [2.24, 2.45) is 0 Å². The van der Waals surface area contributed by atoms with Crippen molar-refractivity contribution >= 4 is 11.9 Å². The lowest BCUT2D eigenvalue weighted by Crippen LogP contribution is -2.27. The molecule has 124 valence electrons. The second-order valence-electron chi connectivity index (χ2n) is 5.42. The van der Waals surface area contributed by atoms with Gasteiger partial charge in [0.05, 0.1) is 12.2 Å². The first-order chi connectivity index (χ1) is 11.7. The first-order valence-corrected chi connectivity index (χ1v) is 7.74. The summed E-state index contributed by atoms with van der Waals surface area (Å²) in [6.07, 6.45) is 2.49. The van der Waals surface area contributed by atoms with E-state index in [2.05, 4.69) is 20.5 Å². The van der Waals surface area contributed by atoms with Gasteiger partial charge in [-0.15, -0.1) is 5.10 Å². The van der Waals surface area contributed by atoms with Crippen LogP contribution in [0, 0.1) is 0 Å². The third-order valence-corrected chi connectivity index (χ3v) is 3.71. The predicted octanol–water partition coefficient (Wildman–Crippen LogP) is 1.86. The highest BCUT2D eigenvalue weighted by atomic mass is 16.3. The Balaban J connectivity index is 1.59. The number of rotatable bonds is 7. The number of hydrogen-bond donors (Lipinski definition) is 3. The quantitative estimate of drug-likeness (QED) is 0.614. The van der Waals surface area contributed by atoms with Gasteiger partial charge in [0.25, 0.3) is 0 Å². The zero-order chi connectivity index (χ0) is 16.8.